The monoisotopic (exact) mass is 441 g/mol. The molecular formula is C23H20ClNO6. The van der Waals surface area contributed by atoms with Crippen LogP contribution in [0, 0.1) is 0 Å². The van der Waals surface area contributed by atoms with E-state index < -0.39 is 23.5 Å². The quantitative estimate of drug-likeness (QED) is 0.533. The van der Waals surface area contributed by atoms with E-state index in [0.717, 1.165) is 0 Å². The summed E-state index contributed by atoms with van der Waals surface area (Å²) in [6.07, 6.45) is 0.616. The standard InChI is InChI=1S/C23H20ClNO6/c1-3-9-25-19(12-7-8-15(26)14(24)10-12)18(21(28)23(25)29)20(27)17-11-13-5-4-6-16(30-2)22(13)31-17/h4-8,10-11,19,26,28H,3,9H2,1-2H3. The molecular weight excluding hydrogens is 422 g/mol. The van der Waals surface area contributed by atoms with Gasteiger partial charge in [-0.1, -0.05) is 36.7 Å². The van der Waals surface area contributed by atoms with Gasteiger partial charge in [-0.05, 0) is 36.2 Å². The van der Waals surface area contributed by atoms with Gasteiger partial charge in [-0.15, -0.1) is 0 Å². The third kappa shape index (κ3) is 3.41. The zero-order valence-electron chi connectivity index (χ0n) is 16.9. The normalized spacial score (nSPS) is 16.4. The van der Waals surface area contributed by atoms with Gasteiger partial charge in [0.2, 0.25) is 5.78 Å². The number of amides is 1. The van der Waals surface area contributed by atoms with Crippen LogP contribution in [-0.2, 0) is 4.79 Å². The molecule has 2 aromatic carbocycles. The number of carbonyl (C=O) groups is 2. The third-order valence-corrected chi connectivity index (χ3v) is 5.55. The highest BCUT2D eigenvalue weighted by molar-refractivity contribution is 6.32. The number of ether oxygens (including phenoxy) is 1. The van der Waals surface area contributed by atoms with Crippen molar-refractivity contribution in [3.05, 3.63) is 70.1 Å². The molecule has 0 spiro atoms. The van der Waals surface area contributed by atoms with Crippen LogP contribution in [0.1, 0.15) is 35.5 Å². The number of fused-ring (bicyclic) bond motifs is 1. The summed E-state index contributed by atoms with van der Waals surface area (Å²) in [5, 5.41) is 21.1. The predicted molar refractivity (Wildman–Crippen MR) is 115 cm³/mol. The van der Waals surface area contributed by atoms with Gasteiger partial charge in [0.1, 0.15) is 5.75 Å². The Morgan fingerprint density at radius 1 is 1.23 bits per heavy atom. The van der Waals surface area contributed by atoms with Crippen molar-refractivity contribution in [2.75, 3.05) is 13.7 Å². The van der Waals surface area contributed by atoms with Gasteiger partial charge < -0.3 is 24.3 Å². The van der Waals surface area contributed by atoms with E-state index >= 15 is 0 Å². The molecule has 4 rings (SSSR count). The minimum absolute atomic E-state index is 0.0259. The third-order valence-electron chi connectivity index (χ3n) is 5.25. The number of hydrogen-bond donors (Lipinski definition) is 2. The predicted octanol–water partition coefficient (Wildman–Crippen LogP) is 4.79. The smallest absolute Gasteiger partial charge is 0.290 e. The molecule has 1 unspecified atom stereocenters. The maximum atomic E-state index is 13.4. The molecule has 31 heavy (non-hydrogen) atoms. The molecule has 0 bridgehead atoms. The van der Waals surface area contributed by atoms with Crippen LogP contribution in [0.2, 0.25) is 5.02 Å². The molecule has 1 aliphatic rings. The van der Waals surface area contributed by atoms with Gasteiger partial charge in [0.15, 0.2) is 22.9 Å². The minimum atomic E-state index is -0.867. The molecule has 1 aromatic heterocycles. The molecule has 0 saturated heterocycles. The number of carbonyl (C=O) groups excluding carboxylic acids is 2. The molecule has 1 aliphatic heterocycles. The van der Waals surface area contributed by atoms with E-state index in [0.29, 0.717) is 35.2 Å². The van der Waals surface area contributed by atoms with Gasteiger partial charge in [0.05, 0.1) is 23.7 Å². The Morgan fingerprint density at radius 2 is 2.00 bits per heavy atom. The Morgan fingerprint density at radius 3 is 2.68 bits per heavy atom. The molecule has 0 radical (unpaired) electrons. The zero-order chi connectivity index (χ0) is 22.3. The topological polar surface area (TPSA) is 100 Å². The van der Waals surface area contributed by atoms with Gasteiger partial charge >= 0.3 is 0 Å². The Kier molecular flexibility index (Phi) is 5.37. The van der Waals surface area contributed by atoms with Crippen molar-refractivity contribution in [1.82, 2.24) is 4.90 Å². The van der Waals surface area contributed by atoms with Crippen LogP contribution >= 0.6 is 11.6 Å². The van der Waals surface area contributed by atoms with E-state index in [1.165, 1.54) is 24.1 Å². The molecule has 2 N–H and O–H groups in total. The maximum absolute atomic E-state index is 13.4. The lowest BCUT2D eigenvalue weighted by atomic mass is 9.95. The maximum Gasteiger partial charge on any atom is 0.290 e. The van der Waals surface area contributed by atoms with Crippen molar-refractivity contribution in [3.8, 4) is 11.5 Å². The van der Waals surface area contributed by atoms with Gasteiger partial charge in [0.25, 0.3) is 5.91 Å². The second-order valence-electron chi connectivity index (χ2n) is 7.19. The van der Waals surface area contributed by atoms with E-state index in [-0.39, 0.29) is 22.1 Å². The van der Waals surface area contributed by atoms with Crippen molar-refractivity contribution >= 4 is 34.3 Å². The number of aliphatic hydroxyl groups is 1. The number of phenolic OH excluding ortho intramolecular Hbond substituents is 1. The molecule has 7 nitrogen and oxygen atoms in total. The zero-order valence-corrected chi connectivity index (χ0v) is 17.6. The van der Waals surface area contributed by atoms with E-state index in [4.69, 9.17) is 20.8 Å². The first kappa shape index (κ1) is 20.8. The van der Waals surface area contributed by atoms with Crippen LogP contribution in [-0.4, -0.2) is 40.5 Å². The average Bonchev–Trinajstić information content (AvgIpc) is 3.30. The number of aliphatic hydroxyl groups excluding tert-OH is 1. The Balaban J connectivity index is 1.84. The van der Waals surface area contributed by atoms with Crippen molar-refractivity contribution in [1.29, 1.82) is 0 Å². The van der Waals surface area contributed by atoms with E-state index in [9.17, 15) is 19.8 Å². The molecule has 3 aromatic rings. The van der Waals surface area contributed by atoms with Crippen LogP contribution in [0.3, 0.4) is 0 Å². The van der Waals surface area contributed by atoms with Crippen LogP contribution < -0.4 is 4.74 Å². The summed E-state index contributed by atoms with van der Waals surface area (Å²) in [7, 11) is 1.50. The molecule has 0 fully saturated rings. The highest BCUT2D eigenvalue weighted by atomic mass is 35.5. The van der Waals surface area contributed by atoms with Crippen LogP contribution in [0.5, 0.6) is 11.5 Å². The summed E-state index contributed by atoms with van der Waals surface area (Å²) in [4.78, 5) is 27.6. The first-order valence-corrected chi connectivity index (χ1v) is 10.1. The number of furan rings is 1. The van der Waals surface area contributed by atoms with Gasteiger partial charge in [-0.25, -0.2) is 0 Å². The van der Waals surface area contributed by atoms with Crippen LogP contribution in [0.15, 0.2) is 58.2 Å². The fourth-order valence-electron chi connectivity index (χ4n) is 3.84. The molecule has 8 heteroatoms. The first-order valence-electron chi connectivity index (χ1n) is 9.71. The fraction of sp³-hybridized carbons (Fsp3) is 0.217. The molecule has 0 saturated carbocycles. The van der Waals surface area contributed by atoms with Gasteiger partial charge in [-0.2, -0.15) is 0 Å². The molecule has 2 heterocycles. The Hall–Kier alpha value is -3.45. The SMILES string of the molecule is CCCN1C(=O)C(O)=C(C(=O)c2cc3cccc(OC)c3o2)C1c1ccc(O)c(Cl)c1. The summed E-state index contributed by atoms with van der Waals surface area (Å²) in [6.45, 7) is 2.20. The second-order valence-corrected chi connectivity index (χ2v) is 7.60. The second kappa shape index (κ2) is 8.00. The number of nitrogens with zero attached hydrogens (tertiary/aromatic N) is 1. The molecule has 1 amide bonds. The number of methoxy groups -OCH3 is 1. The number of benzene rings is 2. The number of Topliss-reactive ketones (excluding diaryl/α,β-unsaturated/α-hetero) is 1. The summed E-state index contributed by atoms with van der Waals surface area (Å²) < 4.78 is 11.0. The van der Waals surface area contributed by atoms with E-state index in [1.54, 1.807) is 30.3 Å². The lowest BCUT2D eigenvalue weighted by Gasteiger charge is -2.26. The molecule has 0 aliphatic carbocycles. The van der Waals surface area contributed by atoms with Gasteiger partial charge in [-0.3, -0.25) is 9.59 Å². The number of phenols is 1. The molecule has 1 atom stereocenters. The number of aromatic hydroxyl groups is 1. The number of halogens is 1. The number of rotatable bonds is 6. The highest BCUT2D eigenvalue weighted by Crippen LogP contribution is 2.41. The first-order chi connectivity index (χ1) is 14.9. The van der Waals surface area contributed by atoms with Crippen LogP contribution in [0.25, 0.3) is 11.0 Å². The minimum Gasteiger partial charge on any atom is -0.506 e. The summed E-state index contributed by atoms with van der Waals surface area (Å²) in [5.74, 6) is -1.57. The number of hydrogen-bond acceptors (Lipinski definition) is 6. The number of para-hydroxylation sites is 1. The molecule has 160 valence electrons. The average molecular weight is 442 g/mol. The lowest BCUT2D eigenvalue weighted by molar-refractivity contribution is -0.129. The summed E-state index contributed by atoms with van der Waals surface area (Å²) >= 11 is 6.07. The Bertz CT molecular complexity index is 1230. The van der Waals surface area contributed by atoms with Crippen molar-refractivity contribution in [3.63, 3.8) is 0 Å². The largest absolute Gasteiger partial charge is 0.506 e. The summed E-state index contributed by atoms with van der Waals surface area (Å²) in [6, 6.07) is 10.4. The Labute approximate surface area is 183 Å². The van der Waals surface area contributed by atoms with E-state index in [1.807, 2.05) is 6.92 Å². The van der Waals surface area contributed by atoms with Crippen molar-refractivity contribution in [2.45, 2.75) is 19.4 Å². The van der Waals surface area contributed by atoms with Crippen molar-refractivity contribution < 1.29 is 29.0 Å². The van der Waals surface area contributed by atoms with Crippen molar-refractivity contribution in [2.24, 2.45) is 0 Å². The van der Waals surface area contributed by atoms with Crippen LogP contribution in [0.4, 0.5) is 0 Å². The highest BCUT2D eigenvalue weighted by Gasteiger charge is 2.44. The summed E-state index contributed by atoms with van der Waals surface area (Å²) in [5.41, 5.74) is 0.788. The van der Waals surface area contributed by atoms with Gasteiger partial charge in [0, 0.05) is 11.9 Å². The fourth-order valence-corrected chi connectivity index (χ4v) is 4.03. The lowest BCUT2D eigenvalue weighted by Crippen LogP contribution is -2.31. The van der Waals surface area contributed by atoms with E-state index in [2.05, 4.69) is 0 Å². The number of ketones is 1.